The summed E-state index contributed by atoms with van der Waals surface area (Å²) >= 11 is 0. The fourth-order valence-electron chi connectivity index (χ4n) is 1.85. The Morgan fingerprint density at radius 2 is 2.31 bits per heavy atom. The Labute approximate surface area is 79.4 Å². The van der Waals surface area contributed by atoms with Crippen LogP contribution in [0.3, 0.4) is 0 Å². The number of nitrogens with one attached hydrogen (secondary N) is 1. The highest BCUT2D eigenvalue weighted by atomic mass is 16.1. The predicted molar refractivity (Wildman–Crippen MR) is 52.3 cm³/mol. The van der Waals surface area contributed by atoms with Crippen molar-refractivity contribution in [2.24, 2.45) is 5.92 Å². The molecular weight excluding hydrogens is 162 g/mol. The molecule has 0 aromatic rings. The van der Waals surface area contributed by atoms with Gasteiger partial charge in [-0.15, -0.1) is 0 Å². The number of allylic oxidation sites excluding steroid dienone is 1. The van der Waals surface area contributed by atoms with Gasteiger partial charge in [-0.25, -0.2) is 0 Å². The molecule has 0 radical (unpaired) electrons. The monoisotopic (exact) mass is 179 g/mol. The molecule has 2 aliphatic carbocycles. The van der Waals surface area contributed by atoms with Crippen LogP contribution in [0.1, 0.15) is 39.0 Å². The summed E-state index contributed by atoms with van der Waals surface area (Å²) in [7, 11) is 0. The zero-order chi connectivity index (χ0) is 9.26. The van der Waals surface area contributed by atoms with Crippen molar-refractivity contribution in [3.63, 3.8) is 0 Å². The van der Waals surface area contributed by atoms with Gasteiger partial charge < -0.3 is 5.32 Å². The smallest absolute Gasteiger partial charge is 0.247 e. The van der Waals surface area contributed by atoms with Crippen molar-refractivity contribution >= 4 is 5.91 Å². The van der Waals surface area contributed by atoms with E-state index < -0.39 is 0 Å². The summed E-state index contributed by atoms with van der Waals surface area (Å²) in [6.45, 7) is 2.13. The summed E-state index contributed by atoms with van der Waals surface area (Å²) in [6.07, 6.45) is 8.02. The van der Waals surface area contributed by atoms with Crippen LogP contribution in [0, 0.1) is 5.92 Å². The SMILES string of the molecule is C[C@@H](NC(=O)C1=CCC1)C1CCC1. The van der Waals surface area contributed by atoms with E-state index in [2.05, 4.69) is 12.2 Å². The second-order valence-corrected chi connectivity index (χ2v) is 4.22. The molecule has 0 aliphatic heterocycles. The van der Waals surface area contributed by atoms with Gasteiger partial charge >= 0.3 is 0 Å². The highest BCUT2D eigenvalue weighted by molar-refractivity contribution is 5.94. The third-order valence-corrected chi connectivity index (χ3v) is 3.31. The molecule has 1 N–H and O–H groups in total. The summed E-state index contributed by atoms with van der Waals surface area (Å²) in [4.78, 5) is 11.5. The van der Waals surface area contributed by atoms with Gasteiger partial charge in [0.05, 0.1) is 0 Å². The number of amides is 1. The summed E-state index contributed by atoms with van der Waals surface area (Å²) in [6, 6.07) is 0.378. The average Bonchev–Trinajstić information content (AvgIpc) is 1.76. The van der Waals surface area contributed by atoms with Gasteiger partial charge in [0.1, 0.15) is 0 Å². The van der Waals surface area contributed by atoms with E-state index in [1.54, 1.807) is 0 Å². The lowest BCUT2D eigenvalue weighted by molar-refractivity contribution is -0.119. The Morgan fingerprint density at radius 1 is 1.62 bits per heavy atom. The van der Waals surface area contributed by atoms with Gasteiger partial charge in [0.2, 0.25) is 5.91 Å². The molecular formula is C11H17NO. The lowest BCUT2D eigenvalue weighted by Gasteiger charge is -2.32. The zero-order valence-electron chi connectivity index (χ0n) is 8.18. The van der Waals surface area contributed by atoms with Gasteiger partial charge in [0, 0.05) is 11.6 Å². The van der Waals surface area contributed by atoms with Gasteiger partial charge in [0.25, 0.3) is 0 Å². The van der Waals surface area contributed by atoms with Crippen LogP contribution in [0.5, 0.6) is 0 Å². The molecule has 13 heavy (non-hydrogen) atoms. The predicted octanol–water partition coefficient (Wildman–Crippen LogP) is 2.01. The number of carbonyl (C=O) groups is 1. The summed E-state index contributed by atoms with van der Waals surface area (Å²) in [5.41, 5.74) is 0.992. The fourth-order valence-corrected chi connectivity index (χ4v) is 1.85. The van der Waals surface area contributed by atoms with E-state index in [-0.39, 0.29) is 5.91 Å². The van der Waals surface area contributed by atoms with Crippen molar-refractivity contribution in [3.05, 3.63) is 11.6 Å². The van der Waals surface area contributed by atoms with Crippen LogP contribution in [0.15, 0.2) is 11.6 Å². The number of carbonyl (C=O) groups excluding carboxylic acids is 1. The second-order valence-electron chi connectivity index (χ2n) is 4.22. The van der Waals surface area contributed by atoms with Crippen molar-refractivity contribution in [2.75, 3.05) is 0 Å². The molecule has 1 amide bonds. The summed E-state index contributed by atoms with van der Waals surface area (Å²) < 4.78 is 0. The molecule has 1 fully saturated rings. The number of rotatable bonds is 3. The Morgan fingerprint density at radius 3 is 2.69 bits per heavy atom. The van der Waals surface area contributed by atoms with E-state index in [4.69, 9.17) is 0 Å². The number of hydrogen-bond acceptors (Lipinski definition) is 1. The van der Waals surface area contributed by atoms with E-state index in [9.17, 15) is 4.79 Å². The fraction of sp³-hybridized carbons (Fsp3) is 0.727. The van der Waals surface area contributed by atoms with E-state index in [1.807, 2.05) is 6.08 Å². The minimum atomic E-state index is 0.172. The van der Waals surface area contributed by atoms with Gasteiger partial charge in [-0.2, -0.15) is 0 Å². The van der Waals surface area contributed by atoms with E-state index in [0.717, 1.165) is 24.3 Å². The first-order valence-corrected chi connectivity index (χ1v) is 5.27. The van der Waals surface area contributed by atoms with E-state index >= 15 is 0 Å². The Hall–Kier alpha value is -0.790. The molecule has 0 aromatic carbocycles. The van der Waals surface area contributed by atoms with Crippen LogP contribution in [0.25, 0.3) is 0 Å². The van der Waals surface area contributed by atoms with Crippen LogP contribution in [-0.4, -0.2) is 11.9 Å². The summed E-state index contributed by atoms with van der Waals surface area (Å²) in [5.74, 6) is 0.912. The molecule has 2 rings (SSSR count). The molecule has 0 aromatic heterocycles. The van der Waals surface area contributed by atoms with Crippen molar-refractivity contribution in [2.45, 2.75) is 45.1 Å². The molecule has 1 atom stereocenters. The quantitative estimate of drug-likeness (QED) is 0.705. The first kappa shape index (κ1) is 8.79. The number of hydrogen-bond donors (Lipinski definition) is 1. The molecule has 0 heterocycles. The van der Waals surface area contributed by atoms with Crippen molar-refractivity contribution in [1.82, 2.24) is 5.32 Å². The maximum absolute atomic E-state index is 11.5. The van der Waals surface area contributed by atoms with Crippen molar-refractivity contribution < 1.29 is 4.79 Å². The maximum atomic E-state index is 11.5. The van der Waals surface area contributed by atoms with Crippen molar-refractivity contribution in [3.8, 4) is 0 Å². The van der Waals surface area contributed by atoms with Crippen LogP contribution in [0.4, 0.5) is 0 Å². The molecule has 0 spiro atoms. The lowest BCUT2D eigenvalue weighted by atomic mass is 9.80. The normalized spacial score (nSPS) is 23.9. The maximum Gasteiger partial charge on any atom is 0.247 e. The second kappa shape index (κ2) is 3.52. The van der Waals surface area contributed by atoms with Crippen LogP contribution < -0.4 is 5.32 Å². The van der Waals surface area contributed by atoms with Crippen LogP contribution in [-0.2, 0) is 4.79 Å². The summed E-state index contributed by atoms with van der Waals surface area (Å²) in [5, 5.41) is 3.08. The largest absolute Gasteiger partial charge is 0.350 e. The highest BCUT2D eigenvalue weighted by Gasteiger charge is 2.26. The molecule has 72 valence electrons. The topological polar surface area (TPSA) is 29.1 Å². The van der Waals surface area contributed by atoms with Gasteiger partial charge in [0.15, 0.2) is 0 Å². The third kappa shape index (κ3) is 1.77. The molecule has 2 aliphatic rings. The Kier molecular flexibility index (Phi) is 2.38. The first-order chi connectivity index (χ1) is 6.27. The molecule has 0 unspecified atom stereocenters. The molecule has 0 saturated heterocycles. The molecule has 2 nitrogen and oxygen atoms in total. The van der Waals surface area contributed by atoms with Gasteiger partial charge in [-0.05, 0) is 38.5 Å². The standard InChI is InChI=1S/C11H17NO/c1-8(9-4-2-5-9)12-11(13)10-6-3-7-10/h6,8-9H,2-5,7H2,1H3,(H,12,13)/t8-/m1/s1. The highest BCUT2D eigenvalue weighted by Crippen LogP contribution is 2.29. The lowest BCUT2D eigenvalue weighted by Crippen LogP contribution is -2.41. The van der Waals surface area contributed by atoms with Gasteiger partial charge in [-0.1, -0.05) is 12.5 Å². The van der Waals surface area contributed by atoms with E-state index in [1.165, 1.54) is 19.3 Å². The van der Waals surface area contributed by atoms with Crippen molar-refractivity contribution in [1.29, 1.82) is 0 Å². The van der Waals surface area contributed by atoms with E-state index in [0.29, 0.717) is 6.04 Å². The average molecular weight is 179 g/mol. The minimum absolute atomic E-state index is 0.172. The van der Waals surface area contributed by atoms with Gasteiger partial charge in [-0.3, -0.25) is 4.79 Å². The Balaban J connectivity index is 1.79. The minimum Gasteiger partial charge on any atom is -0.350 e. The Bertz CT molecular complexity index is 240. The van der Waals surface area contributed by atoms with Crippen LogP contribution in [0.2, 0.25) is 0 Å². The molecule has 0 bridgehead atoms. The third-order valence-electron chi connectivity index (χ3n) is 3.31. The first-order valence-electron chi connectivity index (χ1n) is 5.27. The van der Waals surface area contributed by atoms with Crippen LogP contribution >= 0.6 is 0 Å². The molecule has 1 saturated carbocycles. The molecule has 2 heteroatoms. The zero-order valence-corrected chi connectivity index (χ0v) is 8.18.